The van der Waals surface area contributed by atoms with Crippen molar-refractivity contribution < 1.29 is 9.90 Å². The highest BCUT2D eigenvalue weighted by Crippen LogP contribution is 2.24. The lowest BCUT2D eigenvalue weighted by Crippen LogP contribution is -2.14. The fourth-order valence-corrected chi connectivity index (χ4v) is 2.18. The summed E-state index contributed by atoms with van der Waals surface area (Å²) in [5.74, 6) is -1.18. The number of nitrogens with zero attached hydrogens (tertiary/aromatic N) is 3. The number of hydrogen-bond donors (Lipinski definition) is 1. The molecule has 0 saturated carbocycles. The summed E-state index contributed by atoms with van der Waals surface area (Å²) in [6.07, 6.45) is 2.29. The van der Waals surface area contributed by atoms with Crippen molar-refractivity contribution in [2.75, 3.05) is 0 Å². The number of aromatic nitrogens is 3. The van der Waals surface area contributed by atoms with Crippen molar-refractivity contribution in [3.05, 3.63) is 23.0 Å². The molecule has 0 fully saturated rings. The molecule has 1 atom stereocenters. The number of rotatable bonds is 3. The normalized spacial score (nSPS) is 12.9. The summed E-state index contributed by atoms with van der Waals surface area (Å²) in [6, 6.07) is 0. The number of pyridine rings is 1. The van der Waals surface area contributed by atoms with Gasteiger partial charge in [-0.2, -0.15) is 5.10 Å². The van der Waals surface area contributed by atoms with E-state index in [9.17, 15) is 4.79 Å². The minimum atomic E-state index is -0.778. The first-order valence-electron chi connectivity index (χ1n) is 5.92. The topological polar surface area (TPSA) is 68.0 Å². The maximum absolute atomic E-state index is 11.0. The van der Waals surface area contributed by atoms with Crippen molar-refractivity contribution >= 4 is 17.0 Å². The van der Waals surface area contributed by atoms with E-state index >= 15 is 0 Å². The third-order valence-corrected chi connectivity index (χ3v) is 3.41. The van der Waals surface area contributed by atoms with E-state index in [4.69, 9.17) is 5.11 Å². The van der Waals surface area contributed by atoms with Gasteiger partial charge in [0.2, 0.25) is 0 Å². The molecule has 18 heavy (non-hydrogen) atoms. The Bertz CT molecular complexity index is 616. The third-order valence-electron chi connectivity index (χ3n) is 3.41. The SMILES string of the molecule is Cc1nc2c(cnn2C)c(C)c1CC(C)C(=O)O. The Kier molecular flexibility index (Phi) is 3.07. The van der Waals surface area contributed by atoms with Gasteiger partial charge in [0, 0.05) is 18.1 Å². The number of aliphatic carboxylic acids is 1. The van der Waals surface area contributed by atoms with E-state index in [2.05, 4.69) is 10.1 Å². The van der Waals surface area contributed by atoms with Gasteiger partial charge in [-0.3, -0.25) is 9.48 Å². The molecule has 96 valence electrons. The third kappa shape index (κ3) is 1.96. The van der Waals surface area contributed by atoms with Crippen LogP contribution >= 0.6 is 0 Å². The first kappa shape index (κ1) is 12.5. The van der Waals surface area contributed by atoms with Crippen molar-refractivity contribution in [1.29, 1.82) is 0 Å². The maximum atomic E-state index is 11.0. The van der Waals surface area contributed by atoms with Crippen LogP contribution in [-0.2, 0) is 18.3 Å². The molecule has 0 aliphatic rings. The molecule has 1 N–H and O–H groups in total. The molecule has 5 heteroatoms. The quantitative estimate of drug-likeness (QED) is 0.898. The summed E-state index contributed by atoms with van der Waals surface area (Å²) in [5, 5.41) is 14.2. The molecule has 0 spiro atoms. The fraction of sp³-hybridized carbons (Fsp3) is 0.462. The molecule has 2 aromatic rings. The molecule has 2 rings (SSSR count). The number of carboxylic acids is 1. The van der Waals surface area contributed by atoms with E-state index < -0.39 is 11.9 Å². The summed E-state index contributed by atoms with van der Waals surface area (Å²) in [7, 11) is 1.85. The van der Waals surface area contributed by atoms with Crippen LogP contribution in [0.25, 0.3) is 11.0 Å². The Balaban J connectivity index is 2.54. The molecular weight excluding hydrogens is 230 g/mol. The average Bonchev–Trinajstić information content (AvgIpc) is 2.66. The number of aryl methyl sites for hydroxylation is 3. The monoisotopic (exact) mass is 247 g/mol. The first-order valence-corrected chi connectivity index (χ1v) is 5.92. The van der Waals surface area contributed by atoms with Crippen LogP contribution in [0.15, 0.2) is 6.20 Å². The van der Waals surface area contributed by atoms with E-state index in [0.717, 1.165) is 27.9 Å². The minimum absolute atomic E-state index is 0.404. The van der Waals surface area contributed by atoms with E-state index in [0.29, 0.717) is 6.42 Å². The summed E-state index contributed by atoms with van der Waals surface area (Å²) in [6.45, 7) is 5.64. The second-order valence-electron chi connectivity index (χ2n) is 4.75. The van der Waals surface area contributed by atoms with Gasteiger partial charge < -0.3 is 5.11 Å². The van der Waals surface area contributed by atoms with Crippen LogP contribution in [0.1, 0.15) is 23.7 Å². The van der Waals surface area contributed by atoms with Gasteiger partial charge in [0.25, 0.3) is 0 Å². The van der Waals surface area contributed by atoms with Gasteiger partial charge in [0.05, 0.1) is 12.1 Å². The van der Waals surface area contributed by atoms with Crippen LogP contribution in [-0.4, -0.2) is 25.8 Å². The van der Waals surface area contributed by atoms with Crippen LogP contribution < -0.4 is 0 Å². The van der Waals surface area contributed by atoms with Crippen molar-refractivity contribution in [2.24, 2.45) is 13.0 Å². The van der Waals surface area contributed by atoms with Crippen molar-refractivity contribution in [1.82, 2.24) is 14.8 Å². The van der Waals surface area contributed by atoms with Gasteiger partial charge in [0.15, 0.2) is 5.65 Å². The predicted octanol–water partition coefficient (Wildman–Crippen LogP) is 1.85. The Morgan fingerprint density at radius 1 is 1.50 bits per heavy atom. The van der Waals surface area contributed by atoms with Gasteiger partial charge in [-0.1, -0.05) is 6.92 Å². The Morgan fingerprint density at radius 3 is 2.78 bits per heavy atom. The number of hydrogen-bond acceptors (Lipinski definition) is 3. The molecule has 0 amide bonds. The van der Waals surface area contributed by atoms with Crippen LogP contribution in [0.3, 0.4) is 0 Å². The zero-order valence-corrected chi connectivity index (χ0v) is 11.1. The van der Waals surface area contributed by atoms with Crippen LogP contribution in [0.2, 0.25) is 0 Å². The number of carboxylic acid groups (broad SMARTS) is 1. The summed E-state index contributed by atoms with van der Waals surface area (Å²) < 4.78 is 1.74. The highest BCUT2D eigenvalue weighted by Gasteiger charge is 2.18. The average molecular weight is 247 g/mol. The predicted molar refractivity (Wildman–Crippen MR) is 68.5 cm³/mol. The zero-order chi connectivity index (χ0) is 13.4. The first-order chi connectivity index (χ1) is 8.41. The fourth-order valence-electron chi connectivity index (χ4n) is 2.18. The van der Waals surface area contributed by atoms with Gasteiger partial charge in [-0.05, 0) is 31.4 Å². The van der Waals surface area contributed by atoms with Gasteiger partial charge in [-0.15, -0.1) is 0 Å². The molecule has 5 nitrogen and oxygen atoms in total. The lowest BCUT2D eigenvalue weighted by atomic mass is 9.95. The van der Waals surface area contributed by atoms with E-state index in [-0.39, 0.29) is 0 Å². The molecule has 0 aliphatic heterocycles. The lowest BCUT2D eigenvalue weighted by Gasteiger charge is -2.13. The molecule has 0 saturated heterocycles. The second kappa shape index (κ2) is 4.40. The number of fused-ring (bicyclic) bond motifs is 1. The van der Waals surface area contributed by atoms with Crippen molar-refractivity contribution in [2.45, 2.75) is 27.2 Å². The van der Waals surface area contributed by atoms with E-state index in [1.165, 1.54) is 0 Å². The van der Waals surface area contributed by atoms with Gasteiger partial charge in [0.1, 0.15) is 0 Å². The Hall–Kier alpha value is -1.91. The Morgan fingerprint density at radius 2 is 2.17 bits per heavy atom. The van der Waals surface area contributed by atoms with Crippen molar-refractivity contribution in [3.63, 3.8) is 0 Å². The molecule has 0 aliphatic carbocycles. The minimum Gasteiger partial charge on any atom is -0.481 e. The maximum Gasteiger partial charge on any atom is 0.306 e. The highest BCUT2D eigenvalue weighted by atomic mass is 16.4. The van der Waals surface area contributed by atoms with Gasteiger partial charge in [-0.25, -0.2) is 4.98 Å². The largest absolute Gasteiger partial charge is 0.481 e. The molecule has 0 radical (unpaired) electrons. The molecule has 0 bridgehead atoms. The van der Waals surface area contributed by atoms with Crippen LogP contribution in [0.4, 0.5) is 0 Å². The molecule has 2 aromatic heterocycles. The molecule has 0 aromatic carbocycles. The summed E-state index contributed by atoms with van der Waals surface area (Å²) in [5.41, 5.74) is 3.83. The van der Waals surface area contributed by atoms with Crippen molar-refractivity contribution in [3.8, 4) is 0 Å². The summed E-state index contributed by atoms with van der Waals surface area (Å²) >= 11 is 0. The standard InChI is InChI=1S/C13H17N3O2/c1-7(13(17)18)5-10-8(2)11-6-14-16(4)12(11)15-9(10)3/h6-7H,5H2,1-4H3,(H,17,18). The highest BCUT2D eigenvalue weighted by molar-refractivity contribution is 5.80. The lowest BCUT2D eigenvalue weighted by molar-refractivity contribution is -0.141. The van der Waals surface area contributed by atoms with Gasteiger partial charge >= 0.3 is 5.97 Å². The number of carbonyl (C=O) groups is 1. The van der Waals surface area contributed by atoms with Crippen LogP contribution in [0, 0.1) is 19.8 Å². The zero-order valence-electron chi connectivity index (χ0n) is 11.1. The Labute approximate surface area is 105 Å². The van der Waals surface area contributed by atoms with Crippen LogP contribution in [0.5, 0.6) is 0 Å². The summed E-state index contributed by atoms with van der Waals surface area (Å²) in [4.78, 5) is 15.5. The molecular formula is C13H17N3O2. The second-order valence-corrected chi connectivity index (χ2v) is 4.75. The van der Waals surface area contributed by atoms with E-state index in [1.54, 1.807) is 17.8 Å². The molecule has 2 heterocycles. The smallest absolute Gasteiger partial charge is 0.306 e. The van der Waals surface area contributed by atoms with E-state index in [1.807, 2.05) is 20.9 Å². The molecule has 1 unspecified atom stereocenters.